The molecule has 0 aliphatic rings. The number of hydrogen-bond donors (Lipinski definition) is 2. The Bertz CT molecular complexity index is 1070. The van der Waals surface area contributed by atoms with Crippen molar-refractivity contribution in [1.82, 2.24) is 9.78 Å². The largest absolute Gasteiger partial charge is 0.427 e. The number of esters is 1. The van der Waals surface area contributed by atoms with Crippen LogP contribution in [0, 0.1) is 11.3 Å². The Morgan fingerprint density at radius 2 is 1.96 bits per heavy atom. The van der Waals surface area contributed by atoms with Crippen LogP contribution in [0.5, 0.6) is 5.75 Å². The van der Waals surface area contributed by atoms with Gasteiger partial charge in [0.1, 0.15) is 23.2 Å². The highest BCUT2D eigenvalue weighted by atomic mass is 16.5. The van der Waals surface area contributed by atoms with Crippen LogP contribution in [0.25, 0.3) is 5.69 Å². The lowest BCUT2D eigenvalue weighted by molar-refractivity contribution is -0.131. The number of carbonyl (C=O) groups excluding carboxylic acids is 2. The lowest BCUT2D eigenvalue weighted by Gasteiger charge is -2.06. The molecule has 3 rings (SSSR count). The van der Waals surface area contributed by atoms with Crippen LogP contribution in [0.1, 0.15) is 18.2 Å². The smallest absolute Gasteiger partial charge is 0.308 e. The predicted octanol–water partition coefficient (Wildman–Crippen LogP) is 2.43. The van der Waals surface area contributed by atoms with E-state index in [0.29, 0.717) is 17.1 Å². The summed E-state index contributed by atoms with van der Waals surface area (Å²) in [5.74, 6) is -0.341. The average Bonchev–Trinajstić information content (AvgIpc) is 2.97. The van der Waals surface area contributed by atoms with Crippen LogP contribution in [-0.4, -0.2) is 21.7 Å². The minimum absolute atomic E-state index is 0.134. The number of rotatable bonds is 5. The maximum Gasteiger partial charge on any atom is 0.308 e. The normalized spacial score (nSPS) is 10.1. The number of para-hydroxylation sites is 1. The molecule has 0 atom stereocenters. The van der Waals surface area contributed by atoms with Crippen LogP contribution >= 0.6 is 0 Å². The number of hydrogen-bond acceptors (Lipinski definition) is 6. The molecule has 0 unspecified atom stereocenters. The first kappa shape index (κ1) is 18.7. The summed E-state index contributed by atoms with van der Waals surface area (Å²) in [5.41, 5.74) is 7.62. The van der Waals surface area contributed by atoms with Crippen LogP contribution in [0.3, 0.4) is 0 Å². The zero-order valence-corrected chi connectivity index (χ0v) is 15.0. The van der Waals surface area contributed by atoms with E-state index >= 15 is 0 Å². The summed E-state index contributed by atoms with van der Waals surface area (Å²) < 4.78 is 6.43. The molecule has 8 heteroatoms. The Balaban J connectivity index is 1.79. The van der Waals surface area contributed by atoms with Gasteiger partial charge in [-0.25, -0.2) is 4.68 Å². The fraction of sp³-hybridized carbons (Fsp3) is 0.100. The number of aromatic nitrogens is 2. The van der Waals surface area contributed by atoms with Crippen LogP contribution < -0.4 is 15.8 Å². The van der Waals surface area contributed by atoms with Crippen molar-refractivity contribution in [2.45, 2.75) is 13.3 Å². The number of benzene rings is 2. The number of nitriles is 1. The SMILES string of the molecule is CC(=O)Oc1cccc(NC(=O)Cc2nn(-c3ccccc3)c(N)c2C#N)c1. The van der Waals surface area contributed by atoms with Crippen LogP contribution in [-0.2, 0) is 16.0 Å². The summed E-state index contributed by atoms with van der Waals surface area (Å²) >= 11 is 0. The maximum absolute atomic E-state index is 12.4. The summed E-state index contributed by atoms with van der Waals surface area (Å²) in [6.45, 7) is 1.29. The molecule has 1 heterocycles. The third-order valence-electron chi connectivity index (χ3n) is 3.81. The van der Waals surface area contributed by atoms with Gasteiger partial charge in [0.15, 0.2) is 0 Å². The molecule has 3 N–H and O–H groups in total. The first-order valence-electron chi connectivity index (χ1n) is 8.39. The molecule has 0 bridgehead atoms. The number of nitrogen functional groups attached to an aromatic ring is 1. The summed E-state index contributed by atoms with van der Waals surface area (Å²) in [4.78, 5) is 23.5. The van der Waals surface area contributed by atoms with Crippen LogP contribution in [0.15, 0.2) is 54.6 Å². The molecule has 8 nitrogen and oxygen atoms in total. The fourth-order valence-electron chi connectivity index (χ4n) is 2.65. The minimum Gasteiger partial charge on any atom is -0.427 e. The van der Waals surface area contributed by atoms with Crippen molar-refractivity contribution in [1.29, 1.82) is 5.26 Å². The van der Waals surface area contributed by atoms with Crippen LogP contribution in [0.2, 0.25) is 0 Å². The third-order valence-corrected chi connectivity index (χ3v) is 3.81. The van der Waals surface area contributed by atoms with Crippen molar-refractivity contribution in [3.05, 3.63) is 65.9 Å². The molecular weight excluding hydrogens is 358 g/mol. The molecule has 0 aliphatic heterocycles. The summed E-state index contributed by atoms with van der Waals surface area (Å²) in [5, 5.41) is 16.4. The van der Waals surface area contributed by atoms with Gasteiger partial charge in [-0.15, -0.1) is 0 Å². The van der Waals surface area contributed by atoms with Gasteiger partial charge in [0.25, 0.3) is 0 Å². The van der Waals surface area contributed by atoms with E-state index in [1.807, 2.05) is 24.3 Å². The Labute approximate surface area is 161 Å². The van der Waals surface area contributed by atoms with E-state index in [0.717, 1.165) is 0 Å². The van der Waals surface area contributed by atoms with Gasteiger partial charge in [-0.05, 0) is 24.3 Å². The minimum atomic E-state index is -0.455. The van der Waals surface area contributed by atoms with E-state index in [4.69, 9.17) is 10.5 Å². The van der Waals surface area contributed by atoms with Crippen molar-refractivity contribution >= 4 is 23.4 Å². The van der Waals surface area contributed by atoms with Crippen LogP contribution in [0.4, 0.5) is 11.5 Å². The van der Waals surface area contributed by atoms with Gasteiger partial charge in [-0.3, -0.25) is 9.59 Å². The number of anilines is 2. The highest BCUT2D eigenvalue weighted by molar-refractivity contribution is 5.92. The first-order valence-corrected chi connectivity index (χ1v) is 8.39. The lowest BCUT2D eigenvalue weighted by atomic mass is 10.2. The van der Waals surface area contributed by atoms with E-state index in [2.05, 4.69) is 10.4 Å². The summed E-state index contributed by atoms with van der Waals surface area (Å²) in [6.07, 6.45) is -0.134. The molecule has 1 amide bonds. The number of nitrogens with two attached hydrogens (primary N) is 1. The van der Waals surface area contributed by atoms with Gasteiger partial charge >= 0.3 is 5.97 Å². The number of carbonyl (C=O) groups is 2. The zero-order valence-electron chi connectivity index (χ0n) is 15.0. The van der Waals surface area contributed by atoms with E-state index in [1.165, 1.54) is 17.7 Å². The fourth-order valence-corrected chi connectivity index (χ4v) is 2.65. The second kappa shape index (κ2) is 8.05. The van der Waals surface area contributed by atoms with E-state index in [1.54, 1.807) is 30.3 Å². The molecule has 0 spiro atoms. The Morgan fingerprint density at radius 3 is 2.64 bits per heavy atom. The second-order valence-corrected chi connectivity index (χ2v) is 5.91. The van der Waals surface area contributed by atoms with Gasteiger partial charge in [0.2, 0.25) is 5.91 Å². The van der Waals surface area contributed by atoms with E-state index in [9.17, 15) is 14.9 Å². The quantitative estimate of drug-likeness (QED) is 0.521. The lowest BCUT2D eigenvalue weighted by Crippen LogP contribution is -2.15. The Kier molecular flexibility index (Phi) is 5.37. The molecule has 1 aromatic heterocycles. The molecular formula is C20H17N5O3. The van der Waals surface area contributed by atoms with Gasteiger partial charge in [0, 0.05) is 18.7 Å². The van der Waals surface area contributed by atoms with Crippen molar-refractivity contribution in [3.63, 3.8) is 0 Å². The molecule has 140 valence electrons. The van der Waals surface area contributed by atoms with Gasteiger partial charge in [0.05, 0.1) is 17.8 Å². The monoisotopic (exact) mass is 375 g/mol. The predicted molar refractivity (Wildman–Crippen MR) is 103 cm³/mol. The molecule has 0 saturated heterocycles. The van der Waals surface area contributed by atoms with Crippen molar-refractivity contribution in [2.24, 2.45) is 0 Å². The third kappa shape index (κ3) is 4.16. The Hall–Kier alpha value is -4.12. The molecule has 0 aliphatic carbocycles. The Morgan fingerprint density at radius 1 is 1.21 bits per heavy atom. The molecule has 28 heavy (non-hydrogen) atoms. The van der Waals surface area contributed by atoms with Gasteiger partial charge in [-0.2, -0.15) is 10.4 Å². The topological polar surface area (TPSA) is 123 Å². The summed E-state index contributed by atoms with van der Waals surface area (Å²) in [6, 6.07) is 17.6. The number of ether oxygens (including phenoxy) is 1. The highest BCUT2D eigenvalue weighted by Gasteiger charge is 2.19. The average molecular weight is 375 g/mol. The summed E-state index contributed by atoms with van der Waals surface area (Å²) in [7, 11) is 0. The van der Waals surface area contributed by atoms with E-state index in [-0.39, 0.29) is 29.4 Å². The molecule has 0 radical (unpaired) electrons. The molecule has 0 fully saturated rings. The number of nitrogens with zero attached hydrogens (tertiary/aromatic N) is 3. The van der Waals surface area contributed by atoms with Crippen molar-refractivity contribution in [3.8, 4) is 17.5 Å². The van der Waals surface area contributed by atoms with E-state index < -0.39 is 5.97 Å². The second-order valence-electron chi connectivity index (χ2n) is 5.91. The number of amides is 1. The highest BCUT2D eigenvalue weighted by Crippen LogP contribution is 2.22. The van der Waals surface area contributed by atoms with Gasteiger partial charge in [-0.1, -0.05) is 24.3 Å². The maximum atomic E-state index is 12.4. The standard InChI is InChI=1S/C20H17N5O3/c1-13(26)28-16-9-5-6-14(10-16)23-19(27)11-18-17(12-21)20(22)25(24-18)15-7-3-2-4-8-15/h2-10H,11,22H2,1H3,(H,23,27). The molecule has 2 aromatic carbocycles. The number of nitrogens with one attached hydrogen (secondary N) is 1. The molecule has 0 saturated carbocycles. The van der Waals surface area contributed by atoms with Crippen molar-refractivity contribution in [2.75, 3.05) is 11.1 Å². The first-order chi connectivity index (χ1) is 13.5. The van der Waals surface area contributed by atoms with Crippen molar-refractivity contribution < 1.29 is 14.3 Å². The van der Waals surface area contributed by atoms with Gasteiger partial charge < -0.3 is 15.8 Å². The zero-order chi connectivity index (χ0) is 20.1. The molecule has 3 aromatic rings.